The van der Waals surface area contributed by atoms with Gasteiger partial charge in [0.15, 0.2) is 0 Å². The van der Waals surface area contributed by atoms with Crippen molar-refractivity contribution in [2.45, 2.75) is 63.6 Å². The van der Waals surface area contributed by atoms with E-state index in [9.17, 15) is 4.79 Å². The Morgan fingerprint density at radius 2 is 1.63 bits per heavy atom. The fourth-order valence-electron chi connectivity index (χ4n) is 7.05. The van der Waals surface area contributed by atoms with Gasteiger partial charge in [0.2, 0.25) is 5.91 Å². The molecule has 1 aromatic carbocycles. The molecule has 0 spiro atoms. The second-order valence-electron chi connectivity index (χ2n) is 10.5. The molecule has 5 fully saturated rings. The highest BCUT2D eigenvalue weighted by Crippen LogP contribution is 2.55. The quantitative estimate of drug-likeness (QED) is 0.816. The summed E-state index contributed by atoms with van der Waals surface area (Å²) in [7, 11) is 0. The first-order chi connectivity index (χ1) is 14.5. The summed E-state index contributed by atoms with van der Waals surface area (Å²) >= 11 is 0. The summed E-state index contributed by atoms with van der Waals surface area (Å²) in [5, 5.41) is 12.5. The van der Waals surface area contributed by atoms with Crippen LogP contribution in [0.15, 0.2) is 24.3 Å². The minimum Gasteiger partial charge on any atom is -0.349 e. The molecule has 1 heterocycles. The number of nitrogens with one attached hydrogen (secondary N) is 1. The summed E-state index contributed by atoms with van der Waals surface area (Å²) in [6.45, 7) is 6.83. The molecule has 4 aliphatic carbocycles. The van der Waals surface area contributed by atoms with E-state index >= 15 is 0 Å². The maximum atomic E-state index is 13.2. The van der Waals surface area contributed by atoms with E-state index in [0.717, 1.165) is 50.5 Å². The maximum Gasteiger partial charge on any atom is 0.237 e. The lowest BCUT2D eigenvalue weighted by atomic mass is 9.53. The van der Waals surface area contributed by atoms with Crippen molar-refractivity contribution < 1.29 is 4.79 Å². The van der Waals surface area contributed by atoms with Gasteiger partial charge in [0.05, 0.1) is 17.7 Å². The Hall–Kier alpha value is -1.90. The average molecular weight is 407 g/mol. The van der Waals surface area contributed by atoms with E-state index in [1.165, 1.54) is 44.1 Å². The van der Waals surface area contributed by atoms with Crippen LogP contribution < -0.4 is 5.32 Å². The normalized spacial score (nSPS) is 34.5. The van der Waals surface area contributed by atoms with Crippen molar-refractivity contribution >= 4 is 5.91 Å². The molecular formula is C25H34N4O. The number of carbonyl (C=O) groups excluding carboxylic acids is 1. The Labute approximate surface area is 180 Å². The van der Waals surface area contributed by atoms with Gasteiger partial charge in [0, 0.05) is 38.3 Å². The molecule has 0 aromatic heterocycles. The first-order valence-electron chi connectivity index (χ1n) is 11.8. The highest BCUT2D eigenvalue weighted by molar-refractivity contribution is 5.82. The van der Waals surface area contributed by atoms with Gasteiger partial charge in [-0.2, -0.15) is 5.26 Å². The first-order valence-corrected chi connectivity index (χ1v) is 11.8. The van der Waals surface area contributed by atoms with Gasteiger partial charge in [-0.25, -0.2) is 0 Å². The minimum absolute atomic E-state index is 0.0462. The van der Waals surface area contributed by atoms with E-state index in [0.29, 0.717) is 5.56 Å². The smallest absolute Gasteiger partial charge is 0.237 e. The topological polar surface area (TPSA) is 59.4 Å². The SMILES string of the molecule is C[C@H](C(=O)NC12CC3CC(CC(C3)C1)C2)N1CCN(Cc2ccc(C#N)cc2)CC1. The molecule has 1 amide bonds. The number of hydrogen-bond acceptors (Lipinski definition) is 4. The largest absolute Gasteiger partial charge is 0.349 e. The molecule has 5 aliphatic rings. The molecule has 5 heteroatoms. The third-order valence-corrected chi connectivity index (χ3v) is 8.25. The fourth-order valence-corrected chi connectivity index (χ4v) is 7.05. The molecule has 4 saturated carbocycles. The van der Waals surface area contributed by atoms with E-state index in [1.54, 1.807) is 0 Å². The number of nitriles is 1. The predicted octanol–water partition coefficient (Wildman–Crippen LogP) is 3.15. The third kappa shape index (κ3) is 4.00. The van der Waals surface area contributed by atoms with Crippen molar-refractivity contribution in [2.24, 2.45) is 17.8 Å². The molecule has 6 rings (SSSR count). The Morgan fingerprint density at radius 1 is 1.07 bits per heavy atom. The maximum absolute atomic E-state index is 13.2. The van der Waals surface area contributed by atoms with Gasteiger partial charge in [-0.1, -0.05) is 12.1 Å². The zero-order valence-corrected chi connectivity index (χ0v) is 18.1. The van der Waals surface area contributed by atoms with E-state index in [-0.39, 0.29) is 17.5 Å². The van der Waals surface area contributed by atoms with Gasteiger partial charge in [-0.05, 0) is 80.9 Å². The zero-order chi connectivity index (χ0) is 20.7. The molecule has 1 saturated heterocycles. The van der Waals surface area contributed by atoms with Crippen LogP contribution in [-0.4, -0.2) is 53.5 Å². The molecule has 5 nitrogen and oxygen atoms in total. The Kier molecular flexibility index (Phi) is 5.33. The zero-order valence-electron chi connectivity index (χ0n) is 18.1. The van der Waals surface area contributed by atoms with E-state index < -0.39 is 0 Å². The van der Waals surface area contributed by atoms with Crippen molar-refractivity contribution in [1.29, 1.82) is 5.26 Å². The summed E-state index contributed by atoms with van der Waals surface area (Å²) in [6.07, 6.45) is 7.88. The second kappa shape index (κ2) is 7.98. The van der Waals surface area contributed by atoms with Crippen LogP contribution in [0.2, 0.25) is 0 Å². The lowest BCUT2D eigenvalue weighted by molar-refractivity contribution is -0.132. The predicted molar refractivity (Wildman–Crippen MR) is 117 cm³/mol. The molecule has 0 unspecified atom stereocenters. The minimum atomic E-state index is -0.0462. The molecule has 1 aliphatic heterocycles. The van der Waals surface area contributed by atoms with Crippen LogP contribution in [0.5, 0.6) is 0 Å². The summed E-state index contributed by atoms with van der Waals surface area (Å²) in [5.41, 5.74) is 2.06. The average Bonchev–Trinajstić information content (AvgIpc) is 2.73. The van der Waals surface area contributed by atoms with Crippen LogP contribution in [-0.2, 0) is 11.3 Å². The monoisotopic (exact) mass is 406 g/mol. The Balaban J connectivity index is 1.12. The van der Waals surface area contributed by atoms with Gasteiger partial charge in [-0.15, -0.1) is 0 Å². The van der Waals surface area contributed by atoms with E-state index in [2.05, 4.69) is 28.1 Å². The van der Waals surface area contributed by atoms with Gasteiger partial charge in [0.1, 0.15) is 0 Å². The molecule has 160 valence electrons. The number of nitrogens with zero attached hydrogens (tertiary/aromatic N) is 3. The molecule has 1 atom stereocenters. The lowest BCUT2D eigenvalue weighted by Gasteiger charge is -2.57. The summed E-state index contributed by atoms with van der Waals surface area (Å²) in [6, 6.07) is 10.0. The second-order valence-corrected chi connectivity index (χ2v) is 10.5. The van der Waals surface area contributed by atoms with Gasteiger partial charge in [0.25, 0.3) is 0 Å². The number of piperazine rings is 1. The summed E-state index contributed by atoms with van der Waals surface area (Å²) in [5.74, 6) is 2.82. The Bertz CT molecular complexity index is 783. The van der Waals surface area contributed by atoms with Gasteiger partial charge >= 0.3 is 0 Å². The van der Waals surface area contributed by atoms with Crippen molar-refractivity contribution in [3.8, 4) is 6.07 Å². The van der Waals surface area contributed by atoms with Gasteiger partial charge < -0.3 is 5.32 Å². The van der Waals surface area contributed by atoms with E-state index in [1.807, 2.05) is 24.3 Å². The van der Waals surface area contributed by atoms with Crippen LogP contribution in [0, 0.1) is 29.1 Å². The molecule has 1 aromatic rings. The van der Waals surface area contributed by atoms with Crippen molar-refractivity contribution in [2.75, 3.05) is 26.2 Å². The summed E-state index contributed by atoms with van der Waals surface area (Å²) < 4.78 is 0. The van der Waals surface area contributed by atoms with Crippen molar-refractivity contribution in [1.82, 2.24) is 15.1 Å². The number of rotatable bonds is 5. The van der Waals surface area contributed by atoms with Crippen LogP contribution in [0.3, 0.4) is 0 Å². The van der Waals surface area contributed by atoms with Crippen LogP contribution >= 0.6 is 0 Å². The van der Waals surface area contributed by atoms with Crippen molar-refractivity contribution in [3.63, 3.8) is 0 Å². The number of amides is 1. The highest BCUT2D eigenvalue weighted by Gasteiger charge is 2.51. The molecule has 30 heavy (non-hydrogen) atoms. The van der Waals surface area contributed by atoms with Crippen LogP contribution in [0.1, 0.15) is 56.6 Å². The molecule has 4 bridgehead atoms. The molecule has 0 radical (unpaired) electrons. The van der Waals surface area contributed by atoms with Crippen LogP contribution in [0.4, 0.5) is 0 Å². The van der Waals surface area contributed by atoms with Crippen LogP contribution in [0.25, 0.3) is 0 Å². The first kappa shape index (κ1) is 20.0. The molecular weight excluding hydrogens is 372 g/mol. The third-order valence-electron chi connectivity index (χ3n) is 8.25. The number of carbonyl (C=O) groups is 1. The van der Waals surface area contributed by atoms with Gasteiger partial charge in [-0.3, -0.25) is 14.6 Å². The lowest BCUT2D eigenvalue weighted by Crippen LogP contribution is -2.63. The molecule has 1 N–H and O–H groups in total. The Morgan fingerprint density at radius 3 is 2.17 bits per heavy atom. The number of hydrogen-bond donors (Lipinski definition) is 1. The summed E-state index contributed by atoms with van der Waals surface area (Å²) in [4.78, 5) is 18.0. The fraction of sp³-hybridized carbons (Fsp3) is 0.680. The van der Waals surface area contributed by atoms with E-state index in [4.69, 9.17) is 5.26 Å². The van der Waals surface area contributed by atoms with Crippen molar-refractivity contribution in [3.05, 3.63) is 35.4 Å². The highest BCUT2D eigenvalue weighted by atomic mass is 16.2. The number of benzene rings is 1. The standard InChI is InChI=1S/C25H34N4O/c1-18(24(30)27-25-13-21-10-22(14-25)12-23(11-21)15-25)29-8-6-28(7-9-29)17-20-4-2-19(16-26)3-5-20/h2-5,18,21-23H,6-15,17H2,1H3,(H,27,30)/t18-,21?,22?,23?,25?/m1/s1.